The Balaban J connectivity index is 2.23. The van der Waals surface area contributed by atoms with Crippen LogP contribution < -0.4 is 10.4 Å². The van der Waals surface area contributed by atoms with Crippen molar-refractivity contribution in [1.29, 1.82) is 0 Å². The molecule has 0 atom stereocenters. The molecule has 1 aromatic heterocycles. The molecule has 0 fully saturated rings. The fourth-order valence-corrected chi connectivity index (χ4v) is 3.61. The Hall–Kier alpha value is -3.60. The zero-order valence-electron chi connectivity index (χ0n) is 17.3. The molecule has 0 saturated carbocycles. The van der Waals surface area contributed by atoms with E-state index in [1.54, 1.807) is 26.0 Å². The normalized spacial score (nSPS) is 15.0. The number of ketones is 1. The Morgan fingerprint density at radius 1 is 1.17 bits per heavy atom. The Bertz CT molecular complexity index is 1290. The highest BCUT2D eigenvalue weighted by atomic mass is 16.5. The number of carbonyl (C=O) groups excluding carboxylic acids is 1. The molecule has 0 bridgehead atoms. The minimum Gasteiger partial charge on any atom is -0.506 e. The Labute approximate surface area is 173 Å². The molecule has 0 aliphatic carbocycles. The van der Waals surface area contributed by atoms with Crippen molar-refractivity contribution >= 4 is 22.8 Å². The van der Waals surface area contributed by atoms with Gasteiger partial charge in [0.1, 0.15) is 22.7 Å². The highest BCUT2D eigenvalue weighted by Gasteiger charge is 2.32. The summed E-state index contributed by atoms with van der Waals surface area (Å²) in [4.78, 5) is 25.6. The number of hydrogen-bond donors (Lipinski definition) is 1. The van der Waals surface area contributed by atoms with E-state index >= 15 is 0 Å². The van der Waals surface area contributed by atoms with Gasteiger partial charge in [0, 0.05) is 11.6 Å². The van der Waals surface area contributed by atoms with Crippen LogP contribution in [0.1, 0.15) is 43.6 Å². The van der Waals surface area contributed by atoms with Gasteiger partial charge in [-0.15, -0.1) is 0 Å². The molecule has 2 aromatic carbocycles. The number of Topliss-reactive ketones (excluding diaryl/α,β-unsaturated/α-hetero) is 1. The van der Waals surface area contributed by atoms with Crippen LogP contribution in [0.3, 0.4) is 0 Å². The highest BCUT2D eigenvalue weighted by molar-refractivity contribution is 6.20. The van der Waals surface area contributed by atoms with E-state index in [2.05, 4.69) is 0 Å². The SMILES string of the molecule is C/C=C(/C)C(=O)c1c(O)c2c(c3c(-c4ccccc4)cc(=O)oc13)OC(C)(C)C=C2. The van der Waals surface area contributed by atoms with Crippen molar-refractivity contribution in [3.63, 3.8) is 0 Å². The van der Waals surface area contributed by atoms with E-state index in [1.807, 2.05) is 50.3 Å². The van der Waals surface area contributed by atoms with Gasteiger partial charge in [-0.05, 0) is 51.0 Å². The maximum Gasteiger partial charge on any atom is 0.336 e. The van der Waals surface area contributed by atoms with E-state index < -0.39 is 17.0 Å². The van der Waals surface area contributed by atoms with Gasteiger partial charge in [-0.3, -0.25) is 4.79 Å². The molecule has 0 radical (unpaired) electrons. The first-order chi connectivity index (χ1) is 14.2. The fourth-order valence-electron chi connectivity index (χ4n) is 3.61. The van der Waals surface area contributed by atoms with Crippen LogP contribution in [0, 0.1) is 0 Å². The summed E-state index contributed by atoms with van der Waals surface area (Å²) in [6, 6.07) is 10.7. The molecule has 2 heterocycles. The van der Waals surface area contributed by atoms with E-state index in [0.29, 0.717) is 27.8 Å². The second-order valence-corrected chi connectivity index (χ2v) is 7.86. The number of aromatic hydroxyl groups is 1. The van der Waals surface area contributed by atoms with E-state index in [-0.39, 0.29) is 16.9 Å². The van der Waals surface area contributed by atoms with Gasteiger partial charge in [0.25, 0.3) is 0 Å². The van der Waals surface area contributed by atoms with Crippen molar-refractivity contribution in [3.05, 3.63) is 75.7 Å². The number of hydrogen-bond acceptors (Lipinski definition) is 5. The minimum atomic E-state index is -0.638. The summed E-state index contributed by atoms with van der Waals surface area (Å²) in [5.74, 6) is -0.287. The molecule has 0 spiro atoms. The van der Waals surface area contributed by atoms with Gasteiger partial charge in [0.2, 0.25) is 0 Å². The molecule has 1 aliphatic rings. The molecule has 152 valence electrons. The lowest BCUT2D eigenvalue weighted by molar-refractivity contribution is 0.103. The highest BCUT2D eigenvalue weighted by Crippen LogP contribution is 2.48. The first-order valence-electron chi connectivity index (χ1n) is 9.71. The summed E-state index contributed by atoms with van der Waals surface area (Å²) in [6.07, 6.45) is 5.22. The van der Waals surface area contributed by atoms with Crippen LogP contribution in [0.25, 0.3) is 28.2 Å². The molecular weight excluding hydrogens is 380 g/mol. The average Bonchev–Trinajstić information content (AvgIpc) is 2.72. The number of allylic oxidation sites excluding steroid dienone is 2. The van der Waals surface area contributed by atoms with Crippen molar-refractivity contribution < 1.29 is 19.1 Å². The van der Waals surface area contributed by atoms with Crippen molar-refractivity contribution in [2.45, 2.75) is 33.3 Å². The van der Waals surface area contributed by atoms with Crippen LogP contribution in [-0.4, -0.2) is 16.5 Å². The van der Waals surface area contributed by atoms with Crippen LogP contribution in [0.2, 0.25) is 0 Å². The quantitative estimate of drug-likeness (QED) is 0.356. The monoisotopic (exact) mass is 402 g/mol. The van der Waals surface area contributed by atoms with E-state index in [1.165, 1.54) is 6.07 Å². The van der Waals surface area contributed by atoms with Gasteiger partial charge in [-0.2, -0.15) is 0 Å². The van der Waals surface area contributed by atoms with Crippen LogP contribution in [-0.2, 0) is 0 Å². The van der Waals surface area contributed by atoms with Crippen LogP contribution in [0.5, 0.6) is 11.5 Å². The maximum absolute atomic E-state index is 13.1. The predicted molar refractivity (Wildman–Crippen MR) is 117 cm³/mol. The van der Waals surface area contributed by atoms with Crippen molar-refractivity contribution in [3.8, 4) is 22.6 Å². The van der Waals surface area contributed by atoms with Crippen molar-refractivity contribution in [2.24, 2.45) is 0 Å². The van der Waals surface area contributed by atoms with E-state index in [9.17, 15) is 14.7 Å². The Morgan fingerprint density at radius 3 is 2.53 bits per heavy atom. The zero-order chi connectivity index (χ0) is 21.6. The summed E-state index contributed by atoms with van der Waals surface area (Å²) in [5, 5.41) is 11.5. The maximum atomic E-state index is 13.1. The molecule has 5 heteroatoms. The van der Waals surface area contributed by atoms with Crippen LogP contribution in [0.4, 0.5) is 0 Å². The van der Waals surface area contributed by atoms with Crippen molar-refractivity contribution in [2.75, 3.05) is 0 Å². The smallest absolute Gasteiger partial charge is 0.336 e. The lowest BCUT2D eigenvalue weighted by Crippen LogP contribution is -2.28. The largest absolute Gasteiger partial charge is 0.506 e. The third-order valence-electron chi connectivity index (χ3n) is 5.27. The molecule has 0 amide bonds. The molecule has 3 aromatic rings. The van der Waals surface area contributed by atoms with Gasteiger partial charge in [0.15, 0.2) is 11.4 Å². The first-order valence-corrected chi connectivity index (χ1v) is 9.71. The summed E-state index contributed by atoms with van der Waals surface area (Å²) in [5.41, 5.74) is 0.911. The number of fused-ring (bicyclic) bond motifs is 3. The third-order valence-corrected chi connectivity index (χ3v) is 5.27. The Kier molecular flexibility index (Phi) is 4.61. The number of rotatable bonds is 3. The van der Waals surface area contributed by atoms with Gasteiger partial charge in [-0.1, -0.05) is 36.4 Å². The average molecular weight is 402 g/mol. The minimum absolute atomic E-state index is 0.0231. The third kappa shape index (κ3) is 3.12. The number of phenolic OH excluding ortho intramolecular Hbond substituents is 1. The first kappa shape index (κ1) is 19.7. The summed E-state index contributed by atoms with van der Waals surface area (Å²) >= 11 is 0. The molecule has 5 nitrogen and oxygen atoms in total. The standard InChI is InChI=1S/C25H22O5/c1-5-14(2)21(27)20-22(28)16-11-12-25(3,4)30-23(16)19-17(13-18(26)29-24(19)20)15-9-7-6-8-10-15/h5-13,28H,1-4H3/b14-5-. The molecule has 1 aliphatic heterocycles. The van der Waals surface area contributed by atoms with Gasteiger partial charge in [0.05, 0.1) is 10.9 Å². The van der Waals surface area contributed by atoms with E-state index in [0.717, 1.165) is 5.56 Å². The molecule has 4 rings (SSSR count). The van der Waals surface area contributed by atoms with Gasteiger partial charge in [-0.25, -0.2) is 4.79 Å². The number of phenols is 1. The zero-order valence-corrected chi connectivity index (χ0v) is 17.3. The second kappa shape index (κ2) is 7.02. The Morgan fingerprint density at radius 2 is 1.87 bits per heavy atom. The summed E-state index contributed by atoms with van der Waals surface area (Å²) < 4.78 is 11.7. The van der Waals surface area contributed by atoms with Gasteiger partial charge >= 0.3 is 5.63 Å². The molecule has 0 unspecified atom stereocenters. The molecular formula is C25H22O5. The molecule has 0 saturated heterocycles. The lowest BCUT2D eigenvalue weighted by atomic mass is 9.90. The van der Waals surface area contributed by atoms with Crippen LogP contribution in [0.15, 0.2) is 63.3 Å². The molecule has 1 N–H and O–H groups in total. The van der Waals surface area contributed by atoms with Crippen LogP contribution >= 0.6 is 0 Å². The summed E-state index contributed by atoms with van der Waals surface area (Å²) in [7, 11) is 0. The number of carbonyl (C=O) groups is 1. The van der Waals surface area contributed by atoms with E-state index in [4.69, 9.17) is 9.15 Å². The number of benzene rings is 2. The lowest BCUT2D eigenvalue weighted by Gasteiger charge is -2.30. The molecule has 30 heavy (non-hydrogen) atoms. The topological polar surface area (TPSA) is 76.7 Å². The number of ether oxygens (including phenoxy) is 1. The van der Waals surface area contributed by atoms with Gasteiger partial charge < -0.3 is 14.3 Å². The fraction of sp³-hybridized carbons (Fsp3) is 0.200. The van der Waals surface area contributed by atoms with Crippen molar-refractivity contribution in [1.82, 2.24) is 0 Å². The predicted octanol–water partition coefficient (Wildman–Crippen LogP) is 5.50. The summed E-state index contributed by atoms with van der Waals surface area (Å²) in [6.45, 7) is 7.17. The second-order valence-electron chi connectivity index (χ2n) is 7.86.